The Morgan fingerprint density at radius 3 is 2.63 bits per heavy atom. The van der Waals surface area contributed by atoms with Gasteiger partial charge in [0.05, 0.1) is 5.56 Å². The van der Waals surface area contributed by atoms with Crippen LogP contribution in [0.1, 0.15) is 24.8 Å². The van der Waals surface area contributed by atoms with E-state index in [1.165, 1.54) is 12.1 Å². The summed E-state index contributed by atoms with van der Waals surface area (Å²) in [6, 6.07) is 5.35. The quantitative estimate of drug-likeness (QED) is 0.743. The Labute approximate surface area is 110 Å². The molecule has 1 aliphatic carbocycles. The molecule has 0 heterocycles. The second-order valence-corrected chi connectivity index (χ2v) is 4.66. The highest BCUT2D eigenvalue weighted by molar-refractivity contribution is 5.58. The van der Waals surface area contributed by atoms with Crippen LogP contribution >= 0.6 is 0 Å². The van der Waals surface area contributed by atoms with Crippen LogP contribution in [0.4, 0.5) is 13.2 Å². The average molecular weight is 271 g/mol. The van der Waals surface area contributed by atoms with Gasteiger partial charge in [-0.05, 0) is 30.9 Å². The number of hydrogen-bond donors (Lipinski definition) is 0. The SMILES string of the molecule is CN=CCC(Oc1ccccc1C(F)(F)F)C1CC1. The van der Waals surface area contributed by atoms with Crippen molar-refractivity contribution in [1.82, 2.24) is 0 Å². The summed E-state index contributed by atoms with van der Waals surface area (Å²) < 4.78 is 44.2. The summed E-state index contributed by atoms with van der Waals surface area (Å²) >= 11 is 0. The lowest BCUT2D eigenvalue weighted by molar-refractivity contribution is -0.139. The third-order valence-corrected chi connectivity index (χ3v) is 3.14. The predicted octanol–water partition coefficient (Wildman–Crippen LogP) is 3.95. The van der Waals surface area contributed by atoms with Crippen LogP contribution in [0.25, 0.3) is 0 Å². The fraction of sp³-hybridized carbons (Fsp3) is 0.500. The van der Waals surface area contributed by atoms with Crippen LogP contribution in [0.2, 0.25) is 0 Å². The van der Waals surface area contributed by atoms with Gasteiger partial charge in [0.2, 0.25) is 0 Å². The highest BCUT2D eigenvalue weighted by atomic mass is 19.4. The van der Waals surface area contributed by atoms with Crippen molar-refractivity contribution >= 4 is 6.21 Å². The van der Waals surface area contributed by atoms with E-state index in [9.17, 15) is 13.2 Å². The second kappa shape index (κ2) is 5.63. The fourth-order valence-electron chi connectivity index (χ4n) is 1.98. The molecule has 0 radical (unpaired) electrons. The number of halogens is 3. The van der Waals surface area contributed by atoms with Crippen LogP contribution in [-0.4, -0.2) is 19.4 Å². The van der Waals surface area contributed by atoms with E-state index in [2.05, 4.69) is 4.99 Å². The van der Waals surface area contributed by atoms with Gasteiger partial charge in [-0.25, -0.2) is 0 Å². The van der Waals surface area contributed by atoms with Crippen LogP contribution in [-0.2, 0) is 6.18 Å². The molecule has 19 heavy (non-hydrogen) atoms. The maximum atomic E-state index is 12.9. The molecule has 0 saturated heterocycles. The molecule has 0 N–H and O–H groups in total. The molecular formula is C14H16F3NO. The third kappa shape index (κ3) is 3.72. The Kier molecular flexibility index (Phi) is 4.12. The first kappa shape index (κ1) is 13.9. The molecule has 1 aromatic carbocycles. The summed E-state index contributed by atoms with van der Waals surface area (Å²) in [5, 5.41) is 0. The van der Waals surface area contributed by atoms with Gasteiger partial charge >= 0.3 is 6.18 Å². The molecule has 2 rings (SSSR count). The maximum Gasteiger partial charge on any atom is 0.419 e. The van der Waals surface area contributed by atoms with E-state index in [0.29, 0.717) is 12.3 Å². The molecule has 0 amide bonds. The number of para-hydroxylation sites is 1. The summed E-state index contributed by atoms with van der Waals surface area (Å²) in [5.74, 6) is 0.260. The molecule has 0 aromatic heterocycles. The van der Waals surface area contributed by atoms with Crippen LogP contribution in [0.5, 0.6) is 5.75 Å². The lowest BCUT2D eigenvalue weighted by Gasteiger charge is -2.20. The number of rotatable bonds is 5. The predicted molar refractivity (Wildman–Crippen MR) is 67.6 cm³/mol. The summed E-state index contributed by atoms with van der Waals surface area (Å²) in [6.45, 7) is 0. The molecule has 1 aliphatic rings. The number of ether oxygens (including phenoxy) is 1. The van der Waals surface area contributed by atoms with Crippen molar-refractivity contribution < 1.29 is 17.9 Å². The number of nitrogens with zero attached hydrogens (tertiary/aromatic N) is 1. The molecule has 0 bridgehead atoms. The van der Waals surface area contributed by atoms with E-state index in [-0.39, 0.29) is 11.9 Å². The molecular weight excluding hydrogens is 255 g/mol. The van der Waals surface area contributed by atoms with Gasteiger partial charge in [0, 0.05) is 19.7 Å². The van der Waals surface area contributed by atoms with E-state index >= 15 is 0 Å². The van der Waals surface area contributed by atoms with Crippen LogP contribution in [0.15, 0.2) is 29.3 Å². The lowest BCUT2D eigenvalue weighted by atomic mass is 10.1. The smallest absolute Gasteiger partial charge is 0.419 e. The maximum absolute atomic E-state index is 12.9. The van der Waals surface area contributed by atoms with Gasteiger partial charge in [-0.1, -0.05) is 12.1 Å². The highest BCUT2D eigenvalue weighted by Gasteiger charge is 2.37. The first-order valence-corrected chi connectivity index (χ1v) is 6.26. The Morgan fingerprint density at radius 1 is 1.37 bits per heavy atom. The number of alkyl halides is 3. The third-order valence-electron chi connectivity index (χ3n) is 3.14. The van der Waals surface area contributed by atoms with Crippen molar-refractivity contribution in [2.45, 2.75) is 31.5 Å². The zero-order valence-electron chi connectivity index (χ0n) is 10.7. The topological polar surface area (TPSA) is 21.6 Å². The molecule has 1 atom stereocenters. The lowest BCUT2D eigenvalue weighted by Crippen LogP contribution is -2.21. The van der Waals surface area contributed by atoms with E-state index in [1.54, 1.807) is 19.3 Å². The van der Waals surface area contributed by atoms with E-state index in [4.69, 9.17) is 4.74 Å². The van der Waals surface area contributed by atoms with Crippen LogP contribution in [0, 0.1) is 5.92 Å². The Hall–Kier alpha value is -1.52. The van der Waals surface area contributed by atoms with Crippen LogP contribution in [0.3, 0.4) is 0 Å². The molecule has 1 unspecified atom stereocenters. The van der Waals surface area contributed by atoms with E-state index in [0.717, 1.165) is 18.9 Å². The first-order chi connectivity index (χ1) is 9.02. The molecule has 1 fully saturated rings. The molecule has 0 aliphatic heterocycles. The minimum Gasteiger partial charge on any atom is -0.489 e. The Balaban J connectivity index is 2.16. The van der Waals surface area contributed by atoms with Crippen molar-refractivity contribution in [3.8, 4) is 5.75 Å². The Bertz CT molecular complexity index is 452. The summed E-state index contributed by atoms with van der Waals surface area (Å²) in [4.78, 5) is 3.87. The zero-order chi connectivity index (χ0) is 13.9. The zero-order valence-corrected chi connectivity index (χ0v) is 10.7. The Morgan fingerprint density at radius 2 is 2.05 bits per heavy atom. The average Bonchev–Trinajstić information content (AvgIpc) is 3.18. The molecule has 104 valence electrons. The minimum atomic E-state index is -4.39. The minimum absolute atomic E-state index is 0.0867. The van der Waals surface area contributed by atoms with Crippen molar-refractivity contribution in [2.75, 3.05) is 7.05 Å². The first-order valence-electron chi connectivity index (χ1n) is 6.26. The van der Waals surface area contributed by atoms with E-state index in [1.807, 2.05) is 0 Å². The number of benzene rings is 1. The standard InChI is InChI=1S/C14H16F3NO/c1-18-9-8-12(10-6-7-10)19-13-5-3-2-4-11(13)14(15,16)17/h2-5,9-10,12H,6-8H2,1H3. The van der Waals surface area contributed by atoms with Gasteiger partial charge in [-0.3, -0.25) is 0 Å². The van der Waals surface area contributed by atoms with Gasteiger partial charge in [-0.2, -0.15) is 13.2 Å². The van der Waals surface area contributed by atoms with Crippen molar-refractivity contribution in [1.29, 1.82) is 0 Å². The second-order valence-electron chi connectivity index (χ2n) is 4.66. The van der Waals surface area contributed by atoms with Crippen molar-refractivity contribution in [3.63, 3.8) is 0 Å². The van der Waals surface area contributed by atoms with Gasteiger partial charge in [-0.15, -0.1) is 0 Å². The summed E-state index contributed by atoms with van der Waals surface area (Å²) in [6.07, 6.45) is -0.338. The highest BCUT2D eigenvalue weighted by Crippen LogP contribution is 2.40. The number of aliphatic imine (C=N–C) groups is 1. The normalized spacial score (nSPS) is 17.7. The molecule has 0 spiro atoms. The summed E-state index contributed by atoms with van der Waals surface area (Å²) in [7, 11) is 1.65. The van der Waals surface area contributed by atoms with Gasteiger partial charge in [0.15, 0.2) is 0 Å². The van der Waals surface area contributed by atoms with Gasteiger partial charge in [0.25, 0.3) is 0 Å². The molecule has 2 nitrogen and oxygen atoms in total. The van der Waals surface area contributed by atoms with Gasteiger partial charge < -0.3 is 9.73 Å². The van der Waals surface area contributed by atoms with Crippen molar-refractivity contribution in [2.24, 2.45) is 10.9 Å². The largest absolute Gasteiger partial charge is 0.489 e. The molecule has 5 heteroatoms. The van der Waals surface area contributed by atoms with Crippen molar-refractivity contribution in [3.05, 3.63) is 29.8 Å². The summed E-state index contributed by atoms with van der Waals surface area (Å²) in [5.41, 5.74) is -0.714. The fourth-order valence-corrected chi connectivity index (χ4v) is 1.98. The molecule has 1 aromatic rings. The van der Waals surface area contributed by atoms with E-state index < -0.39 is 11.7 Å². The van der Waals surface area contributed by atoms with Gasteiger partial charge in [0.1, 0.15) is 11.9 Å². The van der Waals surface area contributed by atoms with Crippen LogP contribution < -0.4 is 4.74 Å². The number of hydrogen-bond acceptors (Lipinski definition) is 2. The molecule has 1 saturated carbocycles. The monoisotopic (exact) mass is 271 g/mol.